The Morgan fingerprint density at radius 2 is 1.72 bits per heavy atom. The SMILES string of the molecule is CN(C(=O)c1ccc(C(N)=O)cc1)c1ccc2c(c1)nc(NC(=O)c1ccc(Br)s1)n2CCC(N)=O. The molecule has 0 aliphatic carbocycles. The number of hydrogen-bond acceptors (Lipinski definition) is 6. The number of imidazole rings is 1. The molecule has 0 aliphatic heterocycles. The fraction of sp³-hybridized carbons (Fsp3) is 0.125. The molecule has 0 aliphatic rings. The molecular formula is C24H21BrN6O4S. The summed E-state index contributed by atoms with van der Waals surface area (Å²) in [5, 5.41) is 2.80. The highest BCUT2D eigenvalue weighted by molar-refractivity contribution is 9.11. The highest BCUT2D eigenvalue weighted by atomic mass is 79.9. The topological polar surface area (TPSA) is 153 Å². The van der Waals surface area contributed by atoms with E-state index in [2.05, 4.69) is 26.2 Å². The van der Waals surface area contributed by atoms with Crippen LogP contribution in [0.25, 0.3) is 11.0 Å². The van der Waals surface area contributed by atoms with Gasteiger partial charge in [0.05, 0.1) is 19.7 Å². The lowest BCUT2D eigenvalue weighted by Crippen LogP contribution is -2.26. The van der Waals surface area contributed by atoms with Crippen LogP contribution < -0.4 is 21.7 Å². The molecule has 4 amide bonds. The maximum Gasteiger partial charge on any atom is 0.268 e. The summed E-state index contributed by atoms with van der Waals surface area (Å²) in [5.41, 5.74) is 13.0. The van der Waals surface area contributed by atoms with Crippen molar-refractivity contribution in [2.24, 2.45) is 11.5 Å². The van der Waals surface area contributed by atoms with E-state index in [4.69, 9.17) is 11.5 Å². The van der Waals surface area contributed by atoms with E-state index in [-0.39, 0.29) is 30.7 Å². The summed E-state index contributed by atoms with van der Waals surface area (Å²) in [6.07, 6.45) is 0.0559. The minimum Gasteiger partial charge on any atom is -0.370 e. The van der Waals surface area contributed by atoms with Gasteiger partial charge < -0.3 is 20.9 Å². The number of fused-ring (bicyclic) bond motifs is 1. The third kappa shape index (κ3) is 5.29. The Morgan fingerprint density at radius 1 is 1.03 bits per heavy atom. The summed E-state index contributed by atoms with van der Waals surface area (Å²) in [6, 6.07) is 14.7. The molecule has 0 spiro atoms. The van der Waals surface area contributed by atoms with Gasteiger partial charge in [0.15, 0.2) is 0 Å². The third-order valence-electron chi connectivity index (χ3n) is 5.44. The number of carbonyl (C=O) groups is 4. The number of amides is 4. The number of benzene rings is 2. The summed E-state index contributed by atoms with van der Waals surface area (Å²) in [4.78, 5) is 54.9. The van der Waals surface area contributed by atoms with Crippen molar-refractivity contribution in [3.05, 3.63) is 74.4 Å². The molecule has 2 aromatic carbocycles. The molecule has 2 aromatic heterocycles. The molecule has 36 heavy (non-hydrogen) atoms. The molecule has 4 rings (SSSR count). The zero-order chi connectivity index (χ0) is 26.0. The van der Waals surface area contributed by atoms with Gasteiger partial charge in [0.2, 0.25) is 17.8 Å². The first kappa shape index (κ1) is 25.1. The number of halogens is 1. The number of hydrogen-bond donors (Lipinski definition) is 3. The second-order valence-electron chi connectivity index (χ2n) is 7.84. The molecule has 0 saturated heterocycles. The number of nitrogens with one attached hydrogen (secondary N) is 1. The van der Waals surface area contributed by atoms with Crippen LogP contribution in [0.3, 0.4) is 0 Å². The lowest BCUT2D eigenvalue weighted by molar-refractivity contribution is -0.118. The molecule has 0 bridgehead atoms. The minimum absolute atomic E-state index is 0.0559. The summed E-state index contributed by atoms with van der Waals surface area (Å²) in [7, 11) is 1.62. The summed E-state index contributed by atoms with van der Waals surface area (Å²) >= 11 is 4.62. The summed E-state index contributed by atoms with van der Waals surface area (Å²) in [5.74, 6) is -1.44. The van der Waals surface area contributed by atoms with E-state index < -0.39 is 11.8 Å². The van der Waals surface area contributed by atoms with E-state index in [9.17, 15) is 19.2 Å². The normalized spacial score (nSPS) is 10.8. The van der Waals surface area contributed by atoms with Crippen LogP contribution in [0.4, 0.5) is 11.6 Å². The highest BCUT2D eigenvalue weighted by Gasteiger charge is 2.19. The Balaban J connectivity index is 1.65. The first-order valence-electron chi connectivity index (χ1n) is 10.7. The number of aromatic nitrogens is 2. The molecule has 2 heterocycles. The number of thiophene rings is 1. The predicted octanol–water partition coefficient (Wildman–Crippen LogP) is 3.36. The maximum absolute atomic E-state index is 13.0. The van der Waals surface area contributed by atoms with Gasteiger partial charge >= 0.3 is 0 Å². The van der Waals surface area contributed by atoms with Crippen LogP contribution in [0, 0.1) is 0 Å². The molecular weight excluding hydrogens is 548 g/mol. The van der Waals surface area contributed by atoms with Crippen LogP contribution >= 0.6 is 27.3 Å². The van der Waals surface area contributed by atoms with Gasteiger partial charge in [-0.1, -0.05) is 0 Å². The van der Waals surface area contributed by atoms with Crippen molar-refractivity contribution >= 4 is 73.6 Å². The Kier molecular flexibility index (Phi) is 7.17. The van der Waals surface area contributed by atoms with E-state index in [0.717, 1.165) is 3.79 Å². The van der Waals surface area contributed by atoms with Crippen molar-refractivity contribution in [1.29, 1.82) is 0 Å². The average molecular weight is 569 g/mol. The van der Waals surface area contributed by atoms with Gasteiger partial charge in [0, 0.05) is 36.8 Å². The van der Waals surface area contributed by atoms with E-state index in [1.807, 2.05) is 0 Å². The van der Waals surface area contributed by atoms with Crippen molar-refractivity contribution in [2.75, 3.05) is 17.3 Å². The van der Waals surface area contributed by atoms with Crippen molar-refractivity contribution in [2.45, 2.75) is 13.0 Å². The maximum atomic E-state index is 13.0. The van der Waals surface area contributed by atoms with Crippen LogP contribution in [0.5, 0.6) is 0 Å². The fourth-order valence-corrected chi connectivity index (χ4v) is 4.84. The van der Waals surface area contributed by atoms with Crippen molar-refractivity contribution < 1.29 is 19.2 Å². The number of rotatable bonds is 8. The second-order valence-corrected chi connectivity index (χ2v) is 10.3. The largest absolute Gasteiger partial charge is 0.370 e. The Morgan fingerprint density at radius 3 is 2.33 bits per heavy atom. The Bertz CT molecular complexity index is 1490. The predicted molar refractivity (Wildman–Crippen MR) is 141 cm³/mol. The van der Waals surface area contributed by atoms with E-state index >= 15 is 0 Å². The van der Waals surface area contributed by atoms with Crippen LogP contribution in [0.1, 0.15) is 36.8 Å². The van der Waals surface area contributed by atoms with Crippen molar-refractivity contribution in [1.82, 2.24) is 9.55 Å². The molecule has 4 aromatic rings. The lowest BCUT2D eigenvalue weighted by Gasteiger charge is -2.17. The van der Waals surface area contributed by atoms with Gasteiger partial charge in [-0.15, -0.1) is 11.3 Å². The molecule has 12 heteroatoms. The quantitative estimate of drug-likeness (QED) is 0.297. The van der Waals surface area contributed by atoms with Gasteiger partial charge in [0.1, 0.15) is 0 Å². The zero-order valence-corrected chi connectivity index (χ0v) is 21.4. The molecule has 10 nitrogen and oxygen atoms in total. The Labute approximate surface area is 218 Å². The number of anilines is 2. The van der Waals surface area contributed by atoms with Crippen molar-refractivity contribution in [3.63, 3.8) is 0 Å². The molecule has 0 atom stereocenters. The van der Waals surface area contributed by atoms with Gasteiger partial charge in [0.25, 0.3) is 11.8 Å². The molecule has 0 radical (unpaired) electrons. The molecule has 0 unspecified atom stereocenters. The molecule has 0 fully saturated rings. The van der Waals surface area contributed by atoms with Crippen LogP contribution in [-0.4, -0.2) is 40.2 Å². The summed E-state index contributed by atoms with van der Waals surface area (Å²) < 4.78 is 2.52. The van der Waals surface area contributed by atoms with Crippen molar-refractivity contribution in [3.8, 4) is 0 Å². The third-order valence-corrected chi connectivity index (χ3v) is 7.07. The molecule has 0 saturated carbocycles. The van der Waals surface area contributed by atoms with Crippen LogP contribution in [0.15, 0.2) is 58.4 Å². The minimum atomic E-state index is -0.575. The number of aryl methyl sites for hydroxylation is 1. The number of primary amides is 2. The van der Waals surface area contributed by atoms with Gasteiger partial charge in [-0.25, -0.2) is 4.98 Å². The standard InChI is InChI=1S/C24H21BrN6O4S/c1-30(23(35)14-4-2-13(3-5-14)21(27)33)15-6-7-17-16(12-15)28-24(31(17)11-10-20(26)32)29-22(34)18-8-9-19(25)36-18/h2-9,12H,10-11H2,1H3,(H2,26,32)(H2,27,33)(H,28,29,34). The van der Waals surface area contributed by atoms with Crippen LogP contribution in [-0.2, 0) is 11.3 Å². The molecule has 5 N–H and O–H groups in total. The van der Waals surface area contributed by atoms with E-state index in [1.165, 1.54) is 40.5 Å². The van der Waals surface area contributed by atoms with Gasteiger partial charge in [-0.2, -0.15) is 0 Å². The van der Waals surface area contributed by atoms with Gasteiger partial charge in [-0.05, 0) is 70.5 Å². The number of nitrogens with zero attached hydrogens (tertiary/aromatic N) is 3. The van der Waals surface area contributed by atoms with Gasteiger partial charge in [-0.3, -0.25) is 24.5 Å². The second kappa shape index (κ2) is 10.3. The zero-order valence-electron chi connectivity index (χ0n) is 19.0. The smallest absolute Gasteiger partial charge is 0.268 e. The molecule has 184 valence electrons. The summed E-state index contributed by atoms with van der Waals surface area (Å²) in [6.45, 7) is 0.218. The first-order chi connectivity index (χ1) is 17.1. The monoisotopic (exact) mass is 568 g/mol. The lowest BCUT2D eigenvalue weighted by atomic mass is 10.1. The van der Waals surface area contributed by atoms with E-state index in [1.54, 1.807) is 41.9 Å². The van der Waals surface area contributed by atoms with E-state index in [0.29, 0.717) is 32.7 Å². The number of nitrogens with two attached hydrogens (primary N) is 2. The average Bonchev–Trinajstić information content (AvgIpc) is 3.44. The Hall–Kier alpha value is -4.03. The van der Waals surface area contributed by atoms with Crippen LogP contribution in [0.2, 0.25) is 0 Å². The fourth-order valence-electron chi connectivity index (χ4n) is 3.56. The highest BCUT2D eigenvalue weighted by Crippen LogP contribution is 2.27. The number of carbonyl (C=O) groups excluding carboxylic acids is 4. The first-order valence-corrected chi connectivity index (χ1v) is 12.3.